The molecule has 1 aliphatic carbocycles. The molecular weight excluding hydrogens is 218 g/mol. The number of hydrogen-bond donors (Lipinski definition) is 2. The van der Waals surface area contributed by atoms with E-state index in [4.69, 9.17) is 14.6 Å². The molecule has 1 atom stereocenters. The van der Waals surface area contributed by atoms with Crippen molar-refractivity contribution >= 4 is 0 Å². The largest absolute Gasteiger partial charge is 0.394 e. The van der Waals surface area contributed by atoms with Crippen LogP contribution in [0.2, 0.25) is 0 Å². The molecular formula is C13H25NO3. The molecule has 4 nitrogen and oxygen atoms in total. The van der Waals surface area contributed by atoms with E-state index in [1.165, 1.54) is 38.5 Å². The smallest absolute Gasteiger partial charge is 0.0708 e. The van der Waals surface area contributed by atoms with Gasteiger partial charge in [0.2, 0.25) is 0 Å². The Morgan fingerprint density at radius 1 is 1.24 bits per heavy atom. The number of aliphatic hydroxyl groups excluding tert-OH is 1. The molecule has 0 amide bonds. The van der Waals surface area contributed by atoms with Gasteiger partial charge in [0.25, 0.3) is 0 Å². The molecule has 2 N–H and O–H groups in total. The Kier molecular flexibility index (Phi) is 5.22. The molecule has 100 valence electrons. The standard InChI is InChI=1S/C13H25NO3/c15-8-10-16-9-7-14-11-12-3-6-13(17-12)4-1-2-5-13/h12,14-15H,1-11H2. The van der Waals surface area contributed by atoms with Crippen molar-refractivity contribution in [1.82, 2.24) is 5.32 Å². The monoisotopic (exact) mass is 243 g/mol. The molecule has 1 saturated heterocycles. The van der Waals surface area contributed by atoms with Gasteiger partial charge in [0.15, 0.2) is 0 Å². The maximum absolute atomic E-state index is 8.55. The van der Waals surface area contributed by atoms with Crippen LogP contribution in [0.5, 0.6) is 0 Å². The first-order chi connectivity index (χ1) is 8.35. The maximum atomic E-state index is 8.55. The van der Waals surface area contributed by atoms with Gasteiger partial charge in [0.1, 0.15) is 0 Å². The molecule has 0 bridgehead atoms. The van der Waals surface area contributed by atoms with Crippen LogP contribution in [-0.2, 0) is 9.47 Å². The van der Waals surface area contributed by atoms with Gasteiger partial charge >= 0.3 is 0 Å². The Labute approximate surface area is 104 Å². The van der Waals surface area contributed by atoms with Gasteiger partial charge in [-0.15, -0.1) is 0 Å². The van der Waals surface area contributed by atoms with Gasteiger partial charge in [-0.25, -0.2) is 0 Å². The average Bonchev–Trinajstić information content (AvgIpc) is 2.95. The van der Waals surface area contributed by atoms with Crippen molar-refractivity contribution in [2.24, 2.45) is 0 Å². The van der Waals surface area contributed by atoms with Crippen LogP contribution in [-0.4, -0.2) is 49.7 Å². The Morgan fingerprint density at radius 3 is 2.82 bits per heavy atom. The van der Waals surface area contributed by atoms with Gasteiger partial charge in [0.05, 0.1) is 31.5 Å². The lowest BCUT2D eigenvalue weighted by atomic mass is 9.98. The summed E-state index contributed by atoms with van der Waals surface area (Å²) in [6.45, 7) is 2.98. The van der Waals surface area contributed by atoms with Crippen molar-refractivity contribution < 1.29 is 14.6 Å². The number of aliphatic hydroxyl groups is 1. The van der Waals surface area contributed by atoms with Crippen LogP contribution in [0.3, 0.4) is 0 Å². The zero-order chi connectivity index (χ0) is 12.0. The Hall–Kier alpha value is -0.160. The summed E-state index contributed by atoms with van der Waals surface area (Å²) in [5.41, 5.74) is 0.250. The summed E-state index contributed by atoms with van der Waals surface area (Å²) >= 11 is 0. The SMILES string of the molecule is OCCOCCNCC1CCC2(CCCC2)O1. The van der Waals surface area contributed by atoms with E-state index in [1.54, 1.807) is 0 Å². The van der Waals surface area contributed by atoms with Gasteiger partial charge in [-0.05, 0) is 25.7 Å². The summed E-state index contributed by atoms with van der Waals surface area (Å²) in [7, 11) is 0. The summed E-state index contributed by atoms with van der Waals surface area (Å²) in [6, 6.07) is 0. The second-order valence-corrected chi connectivity index (χ2v) is 5.21. The summed E-state index contributed by atoms with van der Waals surface area (Å²) < 4.78 is 11.4. The predicted molar refractivity (Wildman–Crippen MR) is 66.1 cm³/mol. The molecule has 2 aliphatic rings. The van der Waals surface area contributed by atoms with Crippen molar-refractivity contribution in [3.8, 4) is 0 Å². The van der Waals surface area contributed by atoms with Crippen molar-refractivity contribution in [3.63, 3.8) is 0 Å². The van der Waals surface area contributed by atoms with E-state index < -0.39 is 0 Å². The first-order valence-electron chi connectivity index (χ1n) is 6.92. The maximum Gasteiger partial charge on any atom is 0.0708 e. The fourth-order valence-electron chi connectivity index (χ4n) is 3.00. The minimum Gasteiger partial charge on any atom is -0.394 e. The summed E-state index contributed by atoms with van der Waals surface area (Å²) in [6.07, 6.45) is 8.06. The molecule has 0 aromatic rings. The van der Waals surface area contributed by atoms with Crippen LogP contribution >= 0.6 is 0 Å². The third-order valence-corrected chi connectivity index (χ3v) is 3.88. The van der Waals surface area contributed by atoms with Crippen LogP contribution < -0.4 is 5.32 Å². The quantitative estimate of drug-likeness (QED) is 0.657. The average molecular weight is 243 g/mol. The highest BCUT2D eigenvalue weighted by Crippen LogP contribution is 2.42. The predicted octanol–water partition coefficient (Wildman–Crippen LogP) is 1.08. The molecule has 1 unspecified atom stereocenters. The molecule has 1 heterocycles. The molecule has 2 fully saturated rings. The fourth-order valence-corrected chi connectivity index (χ4v) is 3.00. The molecule has 2 rings (SSSR count). The summed E-state index contributed by atoms with van der Waals surface area (Å²) in [4.78, 5) is 0. The third-order valence-electron chi connectivity index (χ3n) is 3.88. The van der Waals surface area contributed by atoms with E-state index in [2.05, 4.69) is 5.32 Å². The zero-order valence-electron chi connectivity index (χ0n) is 10.6. The van der Waals surface area contributed by atoms with E-state index >= 15 is 0 Å². The summed E-state index contributed by atoms with van der Waals surface area (Å²) in [5.74, 6) is 0. The van der Waals surface area contributed by atoms with E-state index in [9.17, 15) is 0 Å². The number of hydrogen-bond acceptors (Lipinski definition) is 4. The van der Waals surface area contributed by atoms with Crippen LogP contribution in [0.4, 0.5) is 0 Å². The van der Waals surface area contributed by atoms with E-state index in [-0.39, 0.29) is 12.2 Å². The lowest BCUT2D eigenvalue weighted by molar-refractivity contribution is -0.0355. The Balaban J connectivity index is 1.52. The Bertz CT molecular complexity index is 217. The van der Waals surface area contributed by atoms with E-state index in [0.29, 0.717) is 19.3 Å². The topological polar surface area (TPSA) is 50.7 Å². The zero-order valence-corrected chi connectivity index (χ0v) is 10.6. The minimum atomic E-state index is 0.105. The molecule has 0 aromatic heterocycles. The van der Waals surface area contributed by atoms with Crippen LogP contribution in [0.15, 0.2) is 0 Å². The number of nitrogens with one attached hydrogen (secondary N) is 1. The van der Waals surface area contributed by atoms with Crippen molar-refractivity contribution in [3.05, 3.63) is 0 Å². The second kappa shape index (κ2) is 6.69. The molecule has 1 aliphatic heterocycles. The molecule has 17 heavy (non-hydrogen) atoms. The number of rotatable bonds is 7. The van der Waals surface area contributed by atoms with E-state index in [0.717, 1.165) is 13.1 Å². The first-order valence-corrected chi connectivity index (χ1v) is 6.92. The molecule has 0 aromatic carbocycles. The third kappa shape index (κ3) is 3.91. The van der Waals surface area contributed by atoms with Gasteiger partial charge in [-0.1, -0.05) is 12.8 Å². The summed E-state index contributed by atoms with van der Waals surface area (Å²) in [5, 5.41) is 11.9. The second-order valence-electron chi connectivity index (χ2n) is 5.21. The van der Waals surface area contributed by atoms with E-state index in [1.807, 2.05) is 0 Å². The van der Waals surface area contributed by atoms with Gasteiger partial charge in [-0.3, -0.25) is 0 Å². The van der Waals surface area contributed by atoms with Crippen molar-refractivity contribution in [1.29, 1.82) is 0 Å². The normalized spacial score (nSPS) is 27.0. The fraction of sp³-hybridized carbons (Fsp3) is 1.00. The van der Waals surface area contributed by atoms with Gasteiger partial charge < -0.3 is 19.9 Å². The van der Waals surface area contributed by atoms with Crippen LogP contribution in [0, 0.1) is 0 Å². The highest BCUT2D eigenvalue weighted by Gasteiger charge is 2.41. The lowest BCUT2D eigenvalue weighted by Gasteiger charge is -2.23. The van der Waals surface area contributed by atoms with Crippen molar-refractivity contribution in [2.45, 2.75) is 50.2 Å². The van der Waals surface area contributed by atoms with Gasteiger partial charge in [0, 0.05) is 13.1 Å². The van der Waals surface area contributed by atoms with Gasteiger partial charge in [-0.2, -0.15) is 0 Å². The van der Waals surface area contributed by atoms with Crippen molar-refractivity contribution in [2.75, 3.05) is 32.9 Å². The molecule has 1 saturated carbocycles. The lowest BCUT2D eigenvalue weighted by Crippen LogP contribution is -2.32. The van der Waals surface area contributed by atoms with Crippen LogP contribution in [0.1, 0.15) is 38.5 Å². The number of ether oxygens (including phenoxy) is 2. The Morgan fingerprint density at radius 2 is 2.06 bits per heavy atom. The highest BCUT2D eigenvalue weighted by molar-refractivity contribution is 4.93. The molecule has 1 spiro atoms. The molecule has 4 heteroatoms. The minimum absolute atomic E-state index is 0.105. The molecule has 0 radical (unpaired) electrons. The highest BCUT2D eigenvalue weighted by atomic mass is 16.5. The van der Waals surface area contributed by atoms with Crippen LogP contribution in [0.25, 0.3) is 0 Å². The first kappa shape index (κ1) is 13.3.